The van der Waals surface area contributed by atoms with Crippen LogP contribution >= 0.6 is 22.9 Å². The molecule has 0 aliphatic carbocycles. The van der Waals surface area contributed by atoms with Gasteiger partial charge >= 0.3 is 5.97 Å². The minimum atomic E-state index is -0.733. The molecule has 1 aromatic rings. The number of rotatable bonds is 7. The molecule has 0 bridgehead atoms. The van der Waals surface area contributed by atoms with Crippen molar-refractivity contribution < 1.29 is 9.90 Å². The summed E-state index contributed by atoms with van der Waals surface area (Å²) in [5.41, 5.74) is 0. The van der Waals surface area contributed by atoms with E-state index in [-0.39, 0.29) is 5.92 Å². The molecule has 0 radical (unpaired) electrons. The first kappa shape index (κ1) is 14.5. The number of halogens is 1. The first-order valence-corrected chi connectivity index (χ1v) is 6.91. The smallest absolute Gasteiger partial charge is 0.307 e. The molecule has 0 saturated carbocycles. The predicted molar refractivity (Wildman–Crippen MR) is 71.6 cm³/mol. The van der Waals surface area contributed by atoms with Crippen LogP contribution in [0.5, 0.6) is 0 Å². The normalized spacial score (nSPS) is 12.9. The van der Waals surface area contributed by atoms with E-state index in [1.165, 1.54) is 0 Å². The summed E-state index contributed by atoms with van der Waals surface area (Å²) in [7, 11) is 0. The Morgan fingerprint density at radius 1 is 1.59 bits per heavy atom. The number of aliphatic carboxylic acids is 1. The predicted octanol–water partition coefficient (Wildman–Crippen LogP) is 3.24. The van der Waals surface area contributed by atoms with E-state index in [9.17, 15) is 4.79 Å². The summed E-state index contributed by atoms with van der Waals surface area (Å²) in [6.07, 6.45) is 0.695. The van der Waals surface area contributed by atoms with Crippen LogP contribution in [-0.2, 0) is 11.3 Å². The summed E-state index contributed by atoms with van der Waals surface area (Å²) in [4.78, 5) is 12.1. The SMILES string of the molecule is CC(C)CC(CNCc1sccc1Cl)C(=O)O. The summed E-state index contributed by atoms with van der Waals surface area (Å²) in [5, 5.41) is 14.9. The lowest BCUT2D eigenvalue weighted by atomic mass is 9.97. The molecule has 1 unspecified atom stereocenters. The lowest BCUT2D eigenvalue weighted by Crippen LogP contribution is -2.29. The van der Waals surface area contributed by atoms with Gasteiger partial charge in [-0.3, -0.25) is 4.79 Å². The molecule has 1 atom stereocenters. The van der Waals surface area contributed by atoms with Crippen molar-refractivity contribution in [2.45, 2.75) is 26.8 Å². The summed E-state index contributed by atoms with van der Waals surface area (Å²) in [6, 6.07) is 1.85. The molecule has 96 valence electrons. The molecule has 2 N–H and O–H groups in total. The van der Waals surface area contributed by atoms with Crippen molar-refractivity contribution >= 4 is 28.9 Å². The van der Waals surface area contributed by atoms with Gasteiger partial charge < -0.3 is 10.4 Å². The third kappa shape index (κ3) is 5.06. The number of thiophene rings is 1. The molecule has 0 saturated heterocycles. The average molecular weight is 276 g/mol. The maximum absolute atomic E-state index is 11.0. The molecule has 5 heteroatoms. The highest BCUT2D eigenvalue weighted by Crippen LogP contribution is 2.21. The highest BCUT2D eigenvalue weighted by molar-refractivity contribution is 7.10. The van der Waals surface area contributed by atoms with Crippen molar-refractivity contribution in [1.29, 1.82) is 0 Å². The molecule has 0 aliphatic rings. The summed E-state index contributed by atoms with van der Waals surface area (Å²) < 4.78 is 0. The van der Waals surface area contributed by atoms with Gasteiger partial charge in [0.15, 0.2) is 0 Å². The average Bonchev–Trinajstić information content (AvgIpc) is 2.62. The Bertz CT molecular complexity index is 365. The Labute approximate surface area is 111 Å². The van der Waals surface area contributed by atoms with Crippen LogP contribution < -0.4 is 5.32 Å². The first-order chi connectivity index (χ1) is 8.00. The van der Waals surface area contributed by atoms with Crippen LogP contribution in [0.2, 0.25) is 5.02 Å². The van der Waals surface area contributed by atoms with E-state index in [1.54, 1.807) is 11.3 Å². The van der Waals surface area contributed by atoms with Crippen LogP contribution in [0.1, 0.15) is 25.1 Å². The fourth-order valence-electron chi connectivity index (χ4n) is 1.65. The van der Waals surface area contributed by atoms with Gasteiger partial charge in [-0.15, -0.1) is 11.3 Å². The third-order valence-corrected chi connectivity index (χ3v) is 3.86. The molecule has 0 fully saturated rings. The third-order valence-electron chi connectivity index (χ3n) is 2.47. The largest absolute Gasteiger partial charge is 0.481 e. The van der Waals surface area contributed by atoms with E-state index in [4.69, 9.17) is 16.7 Å². The van der Waals surface area contributed by atoms with Crippen molar-refractivity contribution in [3.8, 4) is 0 Å². The molecule has 0 aliphatic heterocycles. The summed E-state index contributed by atoms with van der Waals surface area (Å²) in [5.74, 6) is -0.666. The highest BCUT2D eigenvalue weighted by Gasteiger charge is 2.18. The van der Waals surface area contributed by atoms with E-state index in [0.29, 0.717) is 25.4 Å². The zero-order valence-corrected chi connectivity index (χ0v) is 11.6. The lowest BCUT2D eigenvalue weighted by Gasteiger charge is -2.15. The zero-order chi connectivity index (χ0) is 12.8. The molecule has 1 aromatic heterocycles. The number of carboxylic acids is 1. The van der Waals surface area contributed by atoms with Crippen LogP contribution in [0.4, 0.5) is 0 Å². The van der Waals surface area contributed by atoms with Gasteiger partial charge in [0.05, 0.1) is 10.9 Å². The molecular formula is C12H18ClNO2S. The second kappa shape index (κ2) is 6.99. The second-order valence-electron chi connectivity index (χ2n) is 4.49. The van der Waals surface area contributed by atoms with Gasteiger partial charge in [0.2, 0.25) is 0 Å². The number of nitrogens with one attached hydrogen (secondary N) is 1. The van der Waals surface area contributed by atoms with Gasteiger partial charge in [0.25, 0.3) is 0 Å². The Hall–Kier alpha value is -0.580. The minimum absolute atomic E-state index is 0.325. The van der Waals surface area contributed by atoms with Gasteiger partial charge in [0, 0.05) is 18.0 Å². The number of hydrogen-bond acceptors (Lipinski definition) is 3. The van der Waals surface area contributed by atoms with Crippen molar-refractivity contribution in [2.24, 2.45) is 11.8 Å². The standard InChI is InChI=1S/C12H18ClNO2S/c1-8(2)5-9(12(15)16)6-14-7-11-10(13)3-4-17-11/h3-4,8-9,14H,5-7H2,1-2H3,(H,15,16). The molecule has 1 rings (SSSR count). The van der Waals surface area contributed by atoms with E-state index < -0.39 is 5.97 Å². The van der Waals surface area contributed by atoms with Crippen LogP contribution in [-0.4, -0.2) is 17.6 Å². The fourth-order valence-corrected chi connectivity index (χ4v) is 2.72. The summed E-state index contributed by atoms with van der Waals surface area (Å²) in [6.45, 7) is 5.19. The first-order valence-electron chi connectivity index (χ1n) is 5.66. The highest BCUT2D eigenvalue weighted by atomic mass is 35.5. The Kier molecular flexibility index (Phi) is 5.95. The van der Waals surface area contributed by atoms with Crippen molar-refractivity contribution in [3.63, 3.8) is 0 Å². The molecule has 17 heavy (non-hydrogen) atoms. The summed E-state index contributed by atoms with van der Waals surface area (Å²) >= 11 is 7.54. The molecular weight excluding hydrogens is 258 g/mol. The van der Waals surface area contributed by atoms with Gasteiger partial charge in [-0.2, -0.15) is 0 Å². The molecule has 0 aromatic carbocycles. The van der Waals surface area contributed by atoms with Gasteiger partial charge in [0.1, 0.15) is 0 Å². The van der Waals surface area contributed by atoms with Crippen LogP contribution in [0.3, 0.4) is 0 Å². The maximum atomic E-state index is 11.0. The zero-order valence-electron chi connectivity index (χ0n) is 10.1. The second-order valence-corrected chi connectivity index (χ2v) is 5.90. The Morgan fingerprint density at radius 2 is 2.29 bits per heavy atom. The van der Waals surface area contributed by atoms with Gasteiger partial charge in [-0.1, -0.05) is 25.4 Å². The molecule has 1 heterocycles. The van der Waals surface area contributed by atoms with Crippen LogP contribution in [0, 0.1) is 11.8 Å². The van der Waals surface area contributed by atoms with Crippen molar-refractivity contribution in [1.82, 2.24) is 5.32 Å². The monoisotopic (exact) mass is 275 g/mol. The van der Waals surface area contributed by atoms with Crippen LogP contribution in [0.25, 0.3) is 0 Å². The fraction of sp³-hybridized carbons (Fsp3) is 0.583. The van der Waals surface area contributed by atoms with Gasteiger partial charge in [-0.25, -0.2) is 0 Å². The molecule has 3 nitrogen and oxygen atoms in total. The number of carboxylic acid groups (broad SMARTS) is 1. The van der Waals surface area contributed by atoms with Crippen molar-refractivity contribution in [3.05, 3.63) is 21.3 Å². The number of carbonyl (C=O) groups is 1. The lowest BCUT2D eigenvalue weighted by molar-refractivity contribution is -0.142. The molecule has 0 spiro atoms. The van der Waals surface area contributed by atoms with Gasteiger partial charge in [-0.05, 0) is 23.8 Å². The minimum Gasteiger partial charge on any atom is -0.481 e. The van der Waals surface area contributed by atoms with E-state index in [1.807, 2.05) is 25.3 Å². The van der Waals surface area contributed by atoms with E-state index in [0.717, 1.165) is 9.90 Å². The van der Waals surface area contributed by atoms with Crippen LogP contribution in [0.15, 0.2) is 11.4 Å². The maximum Gasteiger partial charge on any atom is 0.307 e. The Morgan fingerprint density at radius 3 is 2.76 bits per heavy atom. The number of hydrogen-bond donors (Lipinski definition) is 2. The topological polar surface area (TPSA) is 49.3 Å². The van der Waals surface area contributed by atoms with E-state index in [2.05, 4.69) is 5.32 Å². The quantitative estimate of drug-likeness (QED) is 0.803. The van der Waals surface area contributed by atoms with E-state index >= 15 is 0 Å². The van der Waals surface area contributed by atoms with Crippen molar-refractivity contribution in [2.75, 3.05) is 6.54 Å². The Balaban J connectivity index is 2.37. The molecule has 0 amide bonds.